The van der Waals surface area contributed by atoms with Crippen molar-refractivity contribution in [1.82, 2.24) is 24.2 Å². The molecule has 6 heteroatoms. The number of amides is 1. The van der Waals surface area contributed by atoms with Gasteiger partial charge in [0.1, 0.15) is 11.5 Å². The summed E-state index contributed by atoms with van der Waals surface area (Å²) in [6.45, 7) is 3.26. The number of carbonyl (C=O) groups excluding carboxylic acids is 1. The predicted molar refractivity (Wildman–Crippen MR) is 92.5 cm³/mol. The lowest BCUT2D eigenvalue weighted by Crippen LogP contribution is -2.37. The molecular weight excluding hydrogens is 302 g/mol. The van der Waals surface area contributed by atoms with Crippen molar-refractivity contribution in [3.8, 4) is 0 Å². The van der Waals surface area contributed by atoms with Crippen LogP contribution in [0.25, 0.3) is 0 Å². The molecule has 0 bridgehead atoms. The van der Waals surface area contributed by atoms with Gasteiger partial charge in [0.15, 0.2) is 0 Å². The highest BCUT2D eigenvalue weighted by molar-refractivity contribution is 5.92. The van der Waals surface area contributed by atoms with Crippen molar-refractivity contribution in [3.63, 3.8) is 0 Å². The predicted octanol–water partition coefficient (Wildman–Crippen LogP) is 2.68. The Morgan fingerprint density at radius 2 is 2.04 bits per heavy atom. The minimum absolute atomic E-state index is 0.0478. The molecule has 2 aromatic rings. The Bertz CT molecular complexity index is 696. The molecule has 1 aliphatic rings. The largest absolute Gasteiger partial charge is 0.337 e. The number of carbonyl (C=O) groups is 1. The van der Waals surface area contributed by atoms with Crippen molar-refractivity contribution in [1.29, 1.82) is 0 Å². The minimum atomic E-state index is 0.0478. The van der Waals surface area contributed by atoms with Crippen LogP contribution in [0.5, 0.6) is 0 Å². The lowest BCUT2D eigenvalue weighted by molar-refractivity contribution is 0.0681. The Morgan fingerprint density at radius 1 is 1.29 bits per heavy atom. The standard InChI is InChI=1S/C18H27N5O/c1-14-11-16(22(3)20-14)18(24)23(12-15-7-5-4-6-8-15)13-17-19-9-10-21(17)2/h9-11,15H,4-8,12-13H2,1-3H3. The van der Waals surface area contributed by atoms with Gasteiger partial charge in [-0.2, -0.15) is 5.10 Å². The van der Waals surface area contributed by atoms with Gasteiger partial charge < -0.3 is 9.47 Å². The van der Waals surface area contributed by atoms with E-state index in [2.05, 4.69) is 10.1 Å². The molecule has 2 aromatic heterocycles. The van der Waals surface area contributed by atoms with Crippen molar-refractivity contribution in [2.24, 2.45) is 20.0 Å². The second kappa shape index (κ2) is 7.20. The number of rotatable bonds is 5. The van der Waals surface area contributed by atoms with Crippen molar-refractivity contribution in [2.75, 3.05) is 6.54 Å². The lowest BCUT2D eigenvalue weighted by atomic mass is 9.89. The first-order chi connectivity index (χ1) is 11.5. The van der Waals surface area contributed by atoms with E-state index in [1.54, 1.807) is 10.9 Å². The summed E-state index contributed by atoms with van der Waals surface area (Å²) in [5.41, 5.74) is 1.52. The maximum atomic E-state index is 13.1. The maximum absolute atomic E-state index is 13.1. The monoisotopic (exact) mass is 329 g/mol. The molecule has 1 saturated carbocycles. The third-order valence-corrected chi connectivity index (χ3v) is 4.96. The minimum Gasteiger partial charge on any atom is -0.337 e. The number of aryl methyl sites for hydroxylation is 3. The van der Waals surface area contributed by atoms with Crippen LogP contribution in [0.15, 0.2) is 18.5 Å². The Hall–Kier alpha value is -2.11. The third-order valence-electron chi connectivity index (χ3n) is 4.96. The van der Waals surface area contributed by atoms with Crippen LogP contribution in [0.4, 0.5) is 0 Å². The smallest absolute Gasteiger partial charge is 0.272 e. The fourth-order valence-corrected chi connectivity index (χ4v) is 3.59. The van der Waals surface area contributed by atoms with E-state index in [0.29, 0.717) is 18.2 Å². The zero-order chi connectivity index (χ0) is 17.1. The molecule has 24 heavy (non-hydrogen) atoms. The normalized spacial score (nSPS) is 15.6. The number of nitrogens with zero attached hydrogens (tertiary/aromatic N) is 5. The van der Waals surface area contributed by atoms with Crippen molar-refractivity contribution in [2.45, 2.75) is 45.6 Å². The first kappa shape index (κ1) is 16.7. The quantitative estimate of drug-likeness (QED) is 0.847. The highest BCUT2D eigenvalue weighted by Gasteiger charge is 2.25. The van der Waals surface area contributed by atoms with Gasteiger partial charge in [-0.3, -0.25) is 9.48 Å². The van der Waals surface area contributed by atoms with Gasteiger partial charge in [-0.25, -0.2) is 4.98 Å². The summed E-state index contributed by atoms with van der Waals surface area (Å²) in [5.74, 6) is 1.56. The molecule has 3 rings (SSSR count). The molecule has 0 atom stereocenters. The van der Waals surface area contributed by atoms with E-state index in [9.17, 15) is 4.79 Å². The number of hydrogen-bond acceptors (Lipinski definition) is 3. The van der Waals surface area contributed by atoms with Gasteiger partial charge in [0.05, 0.1) is 12.2 Å². The Morgan fingerprint density at radius 3 is 2.62 bits per heavy atom. The molecule has 2 heterocycles. The molecule has 0 saturated heterocycles. The van der Waals surface area contributed by atoms with E-state index in [1.807, 2.05) is 42.7 Å². The van der Waals surface area contributed by atoms with Crippen LogP contribution in [0.1, 0.15) is 54.1 Å². The molecule has 0 radical (unpaired) electrons. The average Bonchev–Trinajstić information content (AvgIpc) is 3.12. The molecule has 1 aliphatic carbocycles. The number of aromatic nitrogens is 4. The topological polar surface area (TPSA) is 56.0 Å². The van der Waals surface area contributed by atoms with Crippen molar-refractivity contribution in [3.05, 3.63) is 35.7 Å². The Balaban J connectivity index is 1.81. The first-order valence-corrected chi connectivity index (χ1v) is 8.80. The molecule has 6 nitrogen and oxygen atoms in total. The lowest BCUT2D eigenvalue weighted by Gasteiger charge is -2.29. The zero-order valence-corrected chi connectivity index (χ0v) is 14.9. The summed E-state index contributed by atoms with van der Waals surface area (Å²) in [7, 11) is 3.81. The second-order valence-corrected chi connectivity index (χ2v) is 6.94. The van der Waals surface area contributed by atoms with Crippen LogP contribution in [0, 0.1) is 12.8 Å². The number of imidazole rings is 1. The summed E-state index contributed by atoms with van der Waals surface area (Å²) in [4.78, 5) is 19.5. The highest BCUT2D eigenvalue weighted by Crippen LogP contribution is 2.25. The average molecular weight is 329 g/mol. The number of hydrogen-bond donors (Lipinski definition) is 0. The van der Waals surface area contributed by atoms with E-state index in [0.717, 1.165) is 18.1 Å². The summed E-state index contributed by atoms with van der Waals surface area (Å²) < 4.78 is 3.67. The molecular formula is C18H27N5O. The van der Waals surface area contributed by atoms with Crippen LogP contribution in [-0.4, -0.2) is 36.7 Å². The zero-order valence-electron chi connectivity index (χ0n) is 14.9. The van der Waals surface area contributed by atoms with E-state index < -0.39 is 0 Å². The fraction of sp³-hybridized carbons (Fsp3) is 0.611. The van der Waals surface area contributed by atoms with E-state index in [1.165, 1.54) is 32.1 Å². The molecule has 0 spiro atoms. The summed E-state index contributed by atoms with van der Waals surface area (Å²) >= 11 is 0. The third kappa shape index (κ3) is 3.68. The van der Waals surface area contributed by atoms with Gasteiger partial charge in [0.25, 0.3) is 5.91 Å². The van der Waals surface area contributed by atoms with Crippen LogP contribution in [0.2, 0.25) is 0 Å². The molecule has 1 fully saturated rings. The van der Waals surface area contributed by atoms with Gasteiger partial charge in [0, 0.05) is 33.0 Å². The maximum Gasteiger partial charge on any atom is 0.272 e. The van der Waals surface area contributed by atoms with E-state index >= 15 is 0 Å². The summed E-state index contributed by atoms with van der Waals surface area (Å²) in [6, 6.07) is 1.87. The SMILES string of the molecule is Cc1cc(C(=O)N(Cc2nccn2C)CC2CCCCC2)n(C)n1. The molecule has 130 valence electrons. The van der Waals surface area contributed by atoms with Gasteiger partial charge in [0.2, 0.25) is 0 Å². The van der Waals surface area contributed by atoms with Gasteiger partial charge in [-0.15, -0.1) is 0 Å². The van der Waals surface area contributed by atoms with Gasteiger partial charge in [-0.1, -0.05) is 19.3 Å². The summed E-state index contributed by atoms with van der Waals surface area (Å²) in [6.07, 6.45) is 10.0. The molecule has 0 aromatic carbocycles. The molecule has 0 N–H and O–H groups in total. The van der Waals surface area contributed by atoms with Gasteiger partial charge >= 0.3 is 0 Å². The van der Waals surface area contributed by atoms with Crippen molar-refractivity contribution < 1.29 is 4.79 Å². The van der Waals surface area contributed by atoms with Crippen LogP contribution in [-0.2, 0) is 20.6 Å². The molecule has 0 aliphatic heterocycles. The van der Waals surface area contributed by atoms with Crippen LogP contribution in [0.3, 0.4) is 0 Å². The Labute approximate surface area is 143 Å². The summed E-state index contributed by atoms with van der Waals surface area (Å²) in [5, 5.41) is 4.32. The fourth-order valence-electron chi connectivity index (χ4n) is 3.59. The second-order valence-electron chi connectivity index (χ2n) is 6.94. The molecule has 1 amide bonds. The van der Waals surface area contributed by atoms with E-state index in [4.69, 9.17) is 0 Å². The Kier molecular flexibility index (Phi) is 5.02. The van der Waals surface area contributed by atoms with Crippen molar-refractivity contribution >= 4 is 5.91 Å². The van der Waals surface area contributed by atoms with Gasteiger partial charge in [-0.05, 0) is 31.7 Å². The molecule has 0 unspecified atom stereocenters. The first-order valence-electron chi connectivity index (χ1n) is 8.80. The van der Waals surface area contributed by atoms with Crippen LogP contribution >= 0.6 is 0 Å². The van der Waals surface area contributed by atoms with Crippen LogP contribution < -0.4 is 0 Å². The highest BCUT2D eigenvalue weighted by atomic mass is 16.2. The van der Waals surface area contributed by atoms with E-state index in [-0.39, 0.29) is 5.91 Å².